The van der Waals surface area contributed by atoms with Gasteiger partial charge in [-0.15, -0.1) is 0 Å². The molecule has 1 aliphatic carbocycles. The fourth-order valence-electron chi connectivity index (χ4n) is 3.79. The Kier molecular flexibility index (Phi) is 4.85. The lowest BCUT2D eigenvalue weighted by Crippen LogP contribution is -2.23. The summed E-state index contributed by atoms with van der Waals surface area (Å²) in [5.41, 5.74) is -5.70. The number of hydrogen-bond donors (Lipinski definition) is 0. The molecule has 1 aliphatic rings. The van der Waals surface area contributed by atoms with Gasteiger partial charge in [-0.25, -0.2) is 26.8 Å². The van der Waals surface area contributed by atoms with Crippen molar-refractivity contribution >= 4 is 36.4 Å². The predicted octanol–water partition coefficient (Wildman–Crippen LogP) is 3.78. The molecule has 3 aromatic heterocycles. The highest BCUT2D eigenvalue weighted by Crippen LogP contribution is 2.48. The minimum Gasteiger partial charge on any atom is -0.435 e. The van der Waals surface area contributed by atoms with Crippen LogP contribution in [0.15, 0.2) is 50.9 Å². The van der Waals surface area contributed by atoms with Crippen LogP contribution in [0.25, 0.3) is 28.3 Å². The van der Waals surface area contributed by atoms with Crippen LogP contribution in [-0.4, -0.2) is 42.5 Å². The van der Waals surface area contributed by atoms with E-state index in [-0.39, 0.29) is 39.1 Å². The molecule has 0 spiro atoms. The highest BCUT2D eigenvalue weighted by molar-refractivity contribution is 7.92. The molecule has 0 atom stereocenters. The first kappa shape index (κ1) is 23.3. The van der Waals surface area contributed by atoms with Gasteiger partial charge in [0.15, 0.2) is 26.1 Å². The second-order valence-corrected chi connectivity index (χ2v) is 12.2. The molecule has 0 amide bonds. The summed E-state index contributed by atoms with van der Waals surface area (Å²) >= 11 is 0. The number of alkyl halides is 3. The number of oxazole rings is 1. The van der Waals surface area contributed by atoms with Gasteiger partial charge in [-0.05, 0) is 48.7 Å². The number of halogens is 3. The Labute approximate surface area is 196 Å². The summed E-state index contributed by atoms with van der Waals surface area (Å²) in [7, 11) is -9.51. The van der Waals surface area contributed by atoms with E-state index < -0.39 is 35.5 Å². The Hall–Kier alpha value is -3.44. The van der Waals surface area contributed by atoms with Crippen molar-refractivity contribution in [1.82, 2.24) is 14.4 Å². The molecule has 0 N–H and O–H groups in total. The van der Waals surface area contributed by atoms with Crippen LogP contribution in [0.4, 0.5) is 13.2 Å². The maximum absolute atomic E-state index is 12.9. The SMILES string of the molecule is CCS(=O)(=O)c1c(-c2nc3cc(S(=O)(=O)C(F)(F)F)ccc3o2)nc2cc(C3(C#N)CC3)ccn12. The van der Waals surface area contributed by atoms with Gasteiger partial charge in [0.1, 0.15) is 11.2 Å². The molecule has 0 radical (unpaired) electrons. The van der Waals surface area contributed by atoms with Gasteiger partial charge in [-0.3, -0.25) is 4.40 Å². The predicted molar refractivity (Wildman–Crippen MR) is 116 cm³/mol. The maximum atomic E-state index is 12.9. The number of nitriles is 1. The number of fused-ring (bicyclic) bond motifs is 2. The van der Waals surface area contributed by atoms with Crippen molar-refractivity contribution < 1.29 is 34.4 Å². The summed E-state index contributed by atoms with van der Waals surface area (Å²) in [6.07, 6.45) is 2.82. The van der Waals surface area contributed by atoms with E-state index >= 15 is 0 Å². The van der Waals surface area contributed by atoms with Crippen molar-refractivity contribution in [2.24, 2.45) is 0 Å². The van der Waals surface area contributed by atoms with Crippen LogP contribution in [0, 0.1) is 11.3 Å². The average Bonchev–Trinajstić information content (AvgIpc) is 3.33. The van der Waals surface area contributed by atoms with Gasteiger partial charge in [0.05, 0.1) is 22.1 Å². The van der Waals surface area contributed by atoms with Crippen molar-refractivity contribution in [3.05, 3.63) is 42.1 Å². The Bertz CT molecular complexity index is 1780. The zero-order valence-corrected chi connectivity index (χ0v) is 19.5. The van der Waals surface area contributed by atoms with Gasteiger partial charge in [-0.1, -0.05) is 6.92 Å². The van der Waals surface area contributed by atoms with Crippen molar-refractivity contribution in [2.45, 2.75) is 40.6 Å². The first-order valence-corrected chi connectivity index (χ1v) is 13.4. The topological polar surface area (TPSA) is 135 Å². The summed E-state index contributed by atoms with van der Waals surface area (Å²) in [4.78, 5) is 7.39. The highest BCUT2D eigenvalue weighted by Gasteiger charge is 2.47. The van der Waals surface area contributed by atoms with E-state index in [9.17, 15) is 35.3 Å². The molecule has 0 bridgehead atoms. The normalized spacial score (nSPS) is 16.0. The molecule has 0 unspecified atom stereocenters. The lowest BCUT2D eigenvalue weighted by Gasteiger charge is -2.07. The fraction of sp³-hybridized carbons (Fsp3) is 0.286. The third-order valence-electron chi connectivity index (χ3n) is 5.95. The molecule has 4 aromatic rings. The van der Waals surface area contributed by atoms with Gasteiger partial charge in [0.2, 0.25) is 5.89 Å². The molecule has 0 saturated heterocycles. The summed E-state index contributed by atoms with van der Waals surface area (Å²) in [5.74, 6) is -0.591. The number of imidazole rings is 1. The second-order valence-electron chi connectivity index (χ2n) is 8.10. The Balaban J connectivity index is 1.72. The standard InChI is InChI=1S/C21H15F3N4O5S2/c1-2-34(29,30)19-17(27-16-9-12(5-8-28(16)19)20(11-25)6-7-20)18-26-14-10-13(3-4-15(14)33-18)35(31,32)21(22,23)24/h3-5,8-10H,2,6-7H2,1H3. The molecule has 35 heavy (non-hydrogen) atoms. The van der Waals surface area contributed by atoms with E-state index in [1.165, 1.54) is 17.5 Å². The Morgan fingerprint density at radius 3 is 2.46 bits per heavy atom. The fourth-order valence-corrected chi connectivity index (χ4v) is 5.73. The number of pyridine rings is 1. The molecule has 14 heteroatoms. The van der Waals surface area contributed by atoms with E-state index in [0.29, 0.717) is 24.5 Å². The van der Waals surface area contributed by atoms with E-state index in [0.717, 1.165) is 12.1 Å². The smallest absolute Gasteiger partial charge is 0.435 e. The number of nitrogens with zero attached hydrogens (tertiary/aromatic N) is 4. The molecule has 9 nitrogen and oxygen atoms in total. The first-order chi connectivity index (χ1) is 16.3. The van der Waals surface area contributed by atoms with Crippen molar-refractivity contribution in [3.63, 3.8) is 0 Å². The molecular weight excluding hydrogens is 509 g/mol. The summed E-state index contributed by atoms with van der Waals surface area (Å²) in [6.45, 7) is 1.43. The van der Waals surface area contributed by atoms with E-state index in [1.807, 2.05) is 0 Å². The summed E-state index contributed by atoms with van der Waals surface area (Å²) in [5, 5.41) is 9.25. The molecule has 3 heterocycles. The van der Waals surface area contributed by atoms with Crippen LogP contribution >= 0.6 is 0 Å². The van der Waals surface area contributed by atoms with Crippen molar-refractivity contribution in [3.8, 4) is 17.7 Å². The number of benzene rings is 1. The van der Waals surface area contributed by atoms with E-state index in [2.05, 4.69) is 16.0 Å². The third-order valence-corrected chi connectivity index (χ3v) is 9.17. The van der Waals surface area contributed by atoms with Gasteiger partial charge in [0, 0.05) is 6.20 Å². The second kappa shape index (κ2) is 7.28. The quantitative estimate of drug-likeness (QED) is 0.385. The molecular formula is C21H15F3N4O5S2. The molecule has 1 aromatic carbocycles. The Morgan fingerprint density at radius 2 is 1.86 bits per heavy atom. The maximum Gasteiger partial charge on any atom is 0.501 e. The van der Waals surface area contributed by atoms with Crippen LogP contribution in [0.3, 0.4) is 0 Å². The van der Waals surface area contributed by atoms with Crippen LogP contribution < -0.4 is 0 Å². The number of aromatic nitrogens is 3. The lowest BCUT2D eigenvalue weighted by molar-refractivity contribution is -0.0435. The van der Waals surface area contributed by atoms with Gasteiger partial charge < -0.3 is 4.42 Å². The third kappa shape index (κ3) is 3.49. The largest absolute Gasteiger partial charge is 0.501 e. The van der Waals surface area contributed by atoms with E-state index in [4.69, 9.17) is 4.42 Å². The van der Waals surface area contributed by atoms with E-state index in [1.54, 1.807) is 12.1 Å². The van der Waals surface area contributed by atoms with Crippen LogP contribution in [0.2, 0.25) is 0 Å². The minimum absolute atomic E-state index is 0.0554. The van der Waals surface area contributed by atoms with Crippen LogP contribution in [0.1, 0.15) is 25.3 Å². The van der Waals surface area contributed by atoms with Gasteiger partial charge in [0.25, 0.3) is 9.84 Å². The number of hydrogen-bond acceptors (Lipinski definition) is 8. The lowest BCUT2D eigenvalue weighted by atomic mass is 9.99. The highest BCUT2D eigenvalue weighted by atomic mass is 32.2. The van der Waals surface area contributed by atoms with Crippen LogP contribution in [0.5, 0.6) is 0 Å². The summed E-state index contributed by atoms with van der Waals surface area (Å²) < 4.78 is 95.1. The monoisotopic (exact) mass is 524 g/mol. The summed E-state index contributed by atoms with van der Waals surface area (Å²) in [6, 6.07) is 7.95. The number of rotatable bonds is 5. The molecule has 182 valence electrons. The van der Waals surface area contributed by atoms with Crippen molar-refractivity contribution in [2.75, 3.05) is 5.75 Å². The molecule has 5 rings (SSSR count). The Morgan fingerprint density at radius 1 is 1.14 bits per heavy atom. The zero-order valence-electron chi connectivity index (χ0n) is 17.9. The molecule has 1 fully saturated rings. The molecule has 0 aliphatic heterocycles. The van der Waals surface area contributed by atoms with Gasteiger partial charge in [-0.2, -0.15) is 18.4 Å². The van der Waals surface area contributed by atoms with Crippen LogP contribution in [-0.2, 0) is 25.1 Å². The van der Waals surface area contributed by atoms with Gasteiger partial charge >= 0.3 is 5.51 Å². The number of sulfone groups is 2. The minimum atomic E-state index is -5.62. The molecule has 1 saturated carbocycles. The van der Waals surface area contributed by atoms with Crippen molar-refractivity contribution in [1.29, 1.82) is 5.26 Å². The average molecular weight is 525 g/mol. The zero-order chi connectivity index (χ0) is 25.4. The first-order valence-electron chi connectivity index (χ1n) is 10.2.